The number of benzene rings is 2. The molecular formula is C26H20N2O4S. The van der Waals surface area contributed by atoms with E-state index < -0.39 is 17.9 Å². The first-order valence-corrected chi connectivity index (χ1v) is 11.6. The van der Waals surface area contributed by atoms with E-state index in [-0.39, 0.29) is 23.6 Å². The van der Waals surface area contributed by atoms with Gasteiger partial charge in [-0.3, -0.25) is 14.4 Å². The third-order valence-electron chi connectivity index (χ3n) is 6.82. The minimum absolute atomic E-state index is 0.121. The average Bonchev–Trinajstić information content (AvgIpc) is 3.55. The van der Waals surface area contributed by atoms with Crippen LogP contribution in [0.2, 0.25) is 0 Å². The van der Waals surface area contributed by atoms with Gasteiger partial charge in [0, 0.05) is 6.20 Å². The highest BCUT2D eigenvalue weighted by atomic mass is 32.1. The van der Waals surface area contributed by atoms with Crippen LogP contribution in [-0.2, 0) is 9.59 Å². The molecule has 3 aliphatic heterocycles. The number of rotatable bonds is 4. The summed E-state index contributed by atoms with van der Waals surface area (Å²) in [4.78, 5) is 45.0. The number of Topliss-reactive ketones (excluding diaryl/α,β-unsaturated/α-hetero) is 1. The van der Waals surface area contributed by atoms with Gasteiger partial charge in [-0.25, -0.2) is 4.90 Å². The Balaban J connectivity index is 1.48. The molecule has 0 saturated carbocycles. The lowest BCUT2D eigenvalue weighted by Crippen LogP contribution is -2.44. The Labute approximate surface area is 194 Å². The van der Waals surface area contributed by atoms with E-state index in [4.69, 9.17) is 4.74 Å². The lowest BCUT2D eigenvalue weighted by atomic mass is 9.84. The highest BCUT2D eigenvalue weighted by Crippen LogP contribution is 2.53. The van der Waals surface area contributed by atoms with Gasteiger partial charge in [-0.2, -0.15) is 0 Å². The zero-order valence-corrected chi connectivity index (χ0v) is 18.6. The molecule has 0 N–H and O–H groups in total. The third-order valence-corrected chi connectivity index (χ3v) is 7.71. The Kier molecular flexibility index (Phi) is 4.48. The Morgan fingerprint density at radius 3 is 2.42 bits per heavy atom. The summed E-state index contributed by atoms with van der Waals surface area (Å²) in [5.41, 5.74) is 2.47. The number of methoxy groups -OCH3 is 1. The van der Waals surface area contributed by atoms with Crippen LogP contribution in [0.1, 0.15) is 26.8 Å². The van der Waals surface area contributed by atoms with Gasteiger partial charge in [-0.1, -0.05) is 30.3 Å². The van der Waals surface area contributed by atoms with Crippen LogP contribution in [0.15, 0.2) is 72.2 Å². The normalized spacial score (nSPS) is 25.1. The van der Waals surface area contributed by atoms with Crippen LogP contribution < -0.4 is 9.64 Å². The standard InChI is InChI=1S/C26H20N2O4S/c1-32-17-10-8-16(9-11-17)28-25(30)20-21(26(28)31)23(24(29)19-7-4-14-33-19)27-13-12-15-5-2-3-6-18(15)22(20)27/h2-14,20-23H,1H3/t20-,21+,22?,23-/m0/s1. The molecule has 6 nitrogen and oxygen atoms in total. The van der Waals surface area contributed by atoms with Crippen molar-refractivity contribution in [2.45, 2.75) is 12.1 Å². The fraction of sp³-hybridized carbons (Fsp3) is 0.192. The monoisotopic (exact) mass is 456 g/mol. The minimum atomic E-state index is -0.755. The van der Waals surface area contributed by atoms with Crippen molar-refractivity contribution in [2.75, 3.05) is 12.0 Å². The van der Waals surface area contributed by atoms with Crippen molar-refractivity contribution in [3.05, 3.63) is 88.2 Å². The van der Waals surface area contributed by atoms with Crippen LogP contribution in [0.4, 0.5) is 5.69 Å². The minimum Gasteiger partial charge on any atom is -0.497 e. The van der Waals surface area contributed by atoms with Crippen molar-refractivity contribution >= 4 is 40.7 Å². The molecule has 33 heavy (non-hydrogen) atoms. The summed E-state index contributed by atoms with van der Waals surface area (Å²) in [7, 11) is 1.56. The summed E-state index contributed by atoms with van der Waals surface area (Å²) in [5, 5.41) is 1.85. The fourth-order valence-electron chi connectivity index (χ4n) is 5.41. The maximum absolute atomic E-state index is 13.8. The number of hydrogen-bond acceptors (Lipinski definition) is 6. The van der Waals surface area contributed by atoms with Gasteiger partial charge in [0.2, 0.25) is 11.8 Å². The molecule has 0 radical (unpaired) electrons. The maximum atomic E-state index is 13.8. The number of hydrogen-bond donors (Lipinski definition) is 0. The molecule has 2 amide bonds. The number of thiophene rings is 1. The fourth-order valence-corrected chi connectivity index (χ4v) is 6.11. The summed E-state index contributed by atoms with van der Waals surface area (Å²) >= 11 is 1.36. The van der Waals surface area contributed by atoms with Crippen molar-refractivity contribution in [3.63, 3.8) is 0 Å². The lowest BCUT2D eigenvalue weighted by Gasteiger charge is -2.35. The lowest BCUT2D eigenvalue weighted by molar-refractivity contribution is -0.123. The average molecular weight is 457 g/mol. The summed E-state index contributed by atoms with van der Waals surface area (Å²) in [6.45, 7) is 0. The first-order chi connectivity index (χ1) is 16.1. The van der Waals surface area contributed by atoms with Crippen molar-refractivity contribution in [1.82, 2.24) is 4.90 Å². The number of nitrogens with zero attached hydrogens (tertiary/aromatic N) is 2. The van der Waals surface area contributed by atoms with E-state index in [2.05, 4.69) is 0 Å². The molecule has 3 aliphatic rings. The van der Waals surface area contributed by atoms with E-state index in [1.54, 1.807) is 37.4 Å². The van der Waals surface area contributed by atoms with Crippen LogP contribution in [0.25, 0.3) is 6.08 Å². The van der Waals surface area contributed by atoms with E-state index in [0.29, 0.717) is 16.3 Å². The molecule has 4 atom stereocenters. The number of carbonyl (C=O) groups is 3. The number of ketones is 1. The van der Waals surface area contributed by atoms with Gasteiger partial charge in [0.25, 0.3) is 0 Å². The molecule has 2 fully saturated rings. The Bertz CT molecular complexity index is 1300. The quantitative estimate of drug-likeness (QED) is 0.436. The van der Waals surface area contributed by atoms with E-state index in [1.165, 1.54) is 16.2 Å². The first kappa shape index (κ1) is 19.9. The summed E-state index contributed by atoms with van der Waals surface area (Å²) in [6, 6.07) is 17.2. The van der Waals surface area contributed by atoms with Crippen LogP contribution in [0.3, 0.4) is 0 Å². The predicted molar refractivity (Wildman–Crippen MR) is 125 cm³/mol. The Morgan fingerprint density at radius 2 is 1.70 bits per heavy atom. The van der Waals surface area contributed by atoms with Crippen molar-refractivity contribution < 1.29 is 19.1 Å². The van der Waals surface area contributed by atoms with E-state index >= 15 is 0 Å². The van der Waals surface area contributed by atoms with Crippen LogP contribution in [-0.4, -0.2) is 35.6 Å². The van der Waals surface area contributed by atoms with Gasteiger partial charge < -0.3 is 9.64 Å². The summed E-state index contributed by atoms with van der Waals surface area (Å²) in [5.74, 6) is -1.47. The molecule has 0 spiro atoms. The molecule has 4 heterocycles. The van der Waals surface area contributed by atoms with Gasteiger partial charge in [0.15, 0.2) is 5.78 Å². The smallest absolute Gasteiger partial charge is 0.240 e. The second kappa shape index (κ2) is 7.42. The van der Waals surface area contributed by atoms with Gasteiger partial charge in [-0.15, -0.1) is 11.3 Å². The van der Waals surface area contributed by atoms with Gasteiger partial charge in [0.05, 0.1) is 35.6 Å². The van der Waals surface area contributed by atoms with E-state index in [9.17, 15) is 14.4 Å². The topological polar surface area (TPSA) is 66.9 Å². The molecule has 6 rings (SSSR count). The highest BCUT2D eigenvalue weighted by Gasteiger charge is 2.64. The SMILES string of the molecule is COc1ccc(N2C(=O)[C@@H]3[C@H](C2=O)C2c4ccccc4C=CN2[C@@H]3C(=O)c2cccs2)cc1. The number of amides is 2. The van der Waals surface area contributed by atoms with Crippen LogP contribution >= 0.6 is 11.3 Å². The van der Waals surface area contributed by atoms with Crippen molar-refractivity contribution in [2.24, 2.45) is 11.8 Å². The summed E-state index contributed by atoms with van der Waals surface area (Å²) < 4.78 is 5.21. The second-order valence-corrected chi connectivity index (χ2v) is 9.33. The molecule has 7 heteroatoms. The number of anilines is 1. The first-order valence-electron chi connectivity index (χ1n) is 10.7. The van der Waals surface area contributed by atoms with Gasteiger partial charge in [0.1, 0.15) is 11.8 Å². The molecule has 0 bridgehead atoms. The predicted octanol–water partition coefficient (Wildman–Crippen LogP) is 4.16. The number of imide groups is 1. The molecule has 1 unspecified atom stereocenters. The van der Waals surface area contributed by atoms with Crippen molar-refractivity contribution in [1.29, 1.82) is 0 Å². The molecule has 2 aromatic carbocycles. The van der Waals surface area contributed by atoms with Crippen LogP contribution in [0.5, 0.6) is 5.75 Å². The van der Waals surface area contributed by atoms with Crippen LogP contribution in [0, 0.1) is 11.8 Å². The molecule has 164 valence electrons. The van der Waals surface area contributed by atoms with E-state index in [1.807, 2.05) is 52.9 Å². The largest absolute Gasteiger partial charge is 0.497 e. The highest BCUT2D eigenvalue weighted by molar-refractivity contribution is 7.12. The molecule has 0 aliphatic carbocycles. The third kappa shape index (κ3) is 2.82. The Hall–Kier alpha value is -3.71. The Morgan fingerprint density at radius 1 is 0.939 bits per heavy atom. The zero-order valence-electron chi connectivity index (χ0n) is 17.8. The molecular weight excluding hydrogens is 436 g/mol. The number of carbonyl (C=O) groups excluding carboxylic acids is 3. The van der Waals surface area contributed by atoms with E-state index in [0.717, 1.165) is 11.1 Å². The molecule has 1 aromatic heterocycles. The van der Waals surface area contributed by atoms with Gasteiger partial charge >= 0.3 is 0 Å². The zero-order chi connectivity index (χ0) is 22.7. The second-order valence-electron chi connectivity index (χ2n) is 8.38. The van der Waals surface area contributed by atoms with Crippen molar-refractivity contribution in [3.8, 4) is 5.75 Å². The molecule has 3 aromatic rings. The maximum Gasteiger partial charge on any atom is 0.240 e. The number of fused-ring (bicyclic) bond motifs is 5. The molecule has 2 saturated heterocycles. The summed E-state index contributed by atoms with van der Waals surface area (Å²) in [6.07, 6.45) is 3.83. The van der Waals surface area contributed by atoms with Gasteiger partial charge in [-0.05, 0) is 52.9 Å². The number of ether oxygens (including phenoxy) is 1.